The molecule has 2 aromatic rings. The Hall–Kier alpha value is -2.36. The summed E-state index contributed by atoms with van der Waals surface area (Å²) in [6.45, 7) is 0.758. The van der Waals surface area contributed by atoms with Gasteiger partial charge in [0.1, 0.15) is 6.42 Å². The van der Waals surface area contributed by atoms with E-state index in [4.69, 9.17) is 0 Å². The van der Waals surface area contributed by atoms with E-state index in [-0.39, 0.29) is 24.3 Å². The van der Waals surface area contributed by atoms with Crippen LogP contribution in [-0.4, -0.2) is 36.3 Å². The van der Waals surface area contributed by atoms with Crippen molar-refractivity contribution in [3.8, 4) is 0 Å². The topological polar surface area (TPSA) is 49.4 Å². The van der Waals surface area contributed by atoms with Gasteiger partial charge in [-0.25, -0.2) is 0 Å². The molecular formula is C19H22N2O2. The highest BCUT2D eigenvalue weighted by molar-refractivity contribution is 5.97. The van der Waals surface area contributed by atoms with Crippen LogP contribution < -0.4 is 5.32 Å². The van der Waals surface area contributed by atoms with E-state index in [0.29, 0.717) is 0 Å². The molecule has 1 aliphatic rings. The van der Waals surface area contributed by atoms with E-state index in [0.717, 1.165) is 25.8 Å². The lowest BCUT2D eigenvalue weighted by atomic mass is 10.0. The highest BCUT2D eigenvalue weighted by Crippen LogP contribution is 2.24. The summed E-state index contributed by atoms with van der Waals surface area (Å²) >= 11 is 0. The van der Waals surface area contributed by atoms with Gasteiger partial charge in [-0.15, -0.1) is 0 Å². The molecule has 1 aliphatic heterocycles. The van der Waals surface area contributed by atoms with Crippen LogP contribution in [0.1, 0.15) is 24.8 Å². The van der Waals surface area contributed by atoms with Crippen molar-refractivity contribution in [1.29, 1.82) is 0 Å². The molecule has 1 fully saturated rings. The maximum Gasteiger partial charge on any atom is 0.232 e. The lowest BCUT2D eigenvalue weighted by Crippen LogP contribution is -2.39. The van der Waals surface area contributed by atoms with Gasteiger partial charge in [-0.3, -0.25) is 9.59 Å². The van der Waals surface area contributed by atoms with Gasteiger partial charge >= 0.3 is 0 Å². The maximum atomic E-state index is 12.3. The third-order valence-corrected chi connectivity index (χ3v) is 4.57. The number of fused-ring (bicyclic) bond motifs is 1. The summed E-state index contributed by atoms with van der Waals surface area (Å²) in [5.74, 6) is -0.279. The molecule has 1 unspecified atom stereocenters. The Labute approximate surface area is 136 Å². The number of benzene rings is 2. The minimum absolute atomic E-state index is 0.0509. The van der Waals surface area contributed by atoms with Gasteiger partial charge in [-0.05, 0) is 35.6 Å². The highest BCUT2D eigenvalue weighted by atomic mass is 16.2. The second kappa shape index (κ2) is 6.82. The molecule has 0 bridgehead atoms. The smallest absolute Gasteiger partial charge is 0.232 e. The number of nitrogens with zero attached hydrogens (tertiary/aromatic N) is 1. The zero-order valence-corrected chi connectivity index (χ0v) is 13.4. The van der Waals surface area contributed by atoms with Crippen LogP contribution in [0.25, 0.3) is 10.8 Å². The minimum atomic E-state index is -0.216. The number of hydrogen-bond acceptors (Lipinski definition) is 2. The molecular weight excluding hydrogens is 288 g/mol. The molecule has 0 radical (unpaired) electrons. The lowest BCUT2D eigenvalue weighted by Gasteiger charge is -2.24. The number of rotatable bonds is 4. The van der Waals surface area contributed by atoms with E-state index < -0.39 is 0 Å². The minimum Gasteiger partial charge on any atom is -0.359 e. The Morgan fingerprint density at radius 1 is 1.17 bits per heavy atom. The largest absolute Gasteiger partial charge is 0.359 e. The van der Waals surface area contributed by atoms with Gasteiger partial charge in [0.15, 0.2) is 0 Å². The van der Waals surface area contributed by atoms with Crippen molar-refractivity contribution < 1.29 is 9.59 Å². The summed E-state index contributed by atoms with van der Waals surface area (Å²) in [5, 5.41) is 4.98. The number of carbonyl (C=O) groups is 2. The average Bonchev–Trinajstić information content (AvgIpc) is 3.02. The van der Waals surface area contributed by atoms with Crippen LogP contribution in [0.4, 0.5) is 0 Å². The molecule has 2 amide bonds. The number of carbonyl (C=O) groups excluding carboxylic acids is 2. The molecule has 0 aliphatic carbocycles. The molecule has 1 N–H and O–H groups in total. The molecule has 0 saturated carbocycles. The van der Waals surface area contributed by atoms with Gasteiger partial charge in [0, 0.05) is 19.6 Å². The fourth-order valence-corrected chi connectivity index (χ4v) is 3.34. The van der Waals surface area contributed by atoms with Gasteiger partial charge in [0.25, 0.3) is 0 Å². The van der Waals surface area contributed by atoms with Crippen molar-refractivity contribution >= 4 is 22.6 Å². The molecule has 0 aromatic heterocycles. The van der Waals surface area contributed by atoms with Crippen molar-refractivity contribution in [1.82, 2.24) is 10.2 Å². The Morgan fingerprint density at radius 2 is 1.96 bits per heavy atom. The molecule has 3 rings (SSSR count). The molecule has 1 saturated heterocycles. The summed E-state index contributed by atoms with van der Waals surface area (Å²) < 4.78 is 0. The van der Waals surface area contributed by atoms with Gasteiger partial charge in [0.2, 0.25) is 11.8 Å². The Balaban J connectivity index is 1.72. The molecule has 120 valence electrons. The van der Waals surface area contributed by atoms with Crippen molar-refractivity contribution in [3.05, 3.63) is 48.0 Å². The Bertz CT molecular complexity index is 726. The van der Waals surface area contributed by atoms with Gasteiger partial charge in [-0.1, -0.05) is 42.5 Å². The maximum absolute atomic E-state index is 12.3. The number of nitrogens with one attached hydrogen (secondary N) is 1. The Kier molecular flexibility index (Phi) is 4.60. The summed E-state index contributed by atoms with van der Waals surface area (Å²) in [5.41, 5.74) is 1.24. The summed E-state index contributed by atoms with van der Waals surface area (Å²) in [6, 6.07) is 15.0. The van der Waals surface area contributed by atoms with Crippen LogP contribution in [0.15, 0.2) is 42.5 Å². The van der Waals surface area contributed by atoms with Crippen LogP contribution in [0, 0.1) is 0 Å². The first-order valence-corrected chi connectivity index (χ1v) is 8.15. The number of likely N-dealkylation sites (tertiary alicyclic amines) is 1. The molecule has 4 heteroatoms. The van der Waals surface area contributed by atoms with E-state index >= 15 is 0 Å². The normalized spacial score (nSPS) is 17.4. The fourth-order valence-electron chi connectivity index (χ4n) is 3.34. The standard InChI is InChI=1S/C19H22N2O2/c1-20-18(22)13-19(23)21-10-4-7-17(21)12-14-8-9-15-5-2-3-6-16(15)11-14/h2-3,5-6,8-9,11,17H,4,7,10,12-13H2,1H3,(H,20,22). The third kappa shape index (κ3) is 3.52. The Morgan fingerprint density at radius 3 is 2.74 bits per heavy atom. The number of amides is 2. The predicted molar refractivity (Wildman–Crippen MR) is 91.1 cm³/mol. The summed E-state index contributed by atoms with van der Waals surface area (Å²) in [6.07, 6.45) is 2.82. The first kappa shape index (κ1) is 15.5. The van der Waals surface area contributed by atoms with Gasteiger partial charge < -0.3 is 10.2 Å². The van der Waals surface area contributed by atoms with Gasteiger partial charge in [0.05, 0.1) is 0 Å². The van der Waals surface area contributed by atoms with Crippen LogP contribution in [0.3, 0.4) is 0 Å². The van der Waals surface area contributed by atoms with Crippen LogP contribution >= 0.6 is 0 Å². The first-order valence-electron chi connectivity index (χ1n) is 8.15. The highest BCUT2D eigenvalue weighted by Gasteiger charge is 2.29. The zero-order chi connectivity index (χ0) is 16.2. The van der Waals surface area contributed by atoms with Crippen LogP contribution in [-0.2, 0) is 16.0 Å². The zero-order valence-electron chi connectivity index (χ0n) is 13.4. The average molecular weight is 310 g/mol. The molecule has 1 atom stereocenters. The van der Waals surface area contributed by atoms with E-state index in [2.05, 4.69) is 35.6 Å². The van der Waals surface area contributed by atoms with E-state index in [1.54, 1.807) is 7.05 Å². The molecule has 0 spiro atoms. The molecule has 4 nitrogen and oxygen atoms in total. The third-order valence-electron chi connectivity index (χ3n) is 4.57. The van der Waals surface area contributed by atoms with Crippen molar-refractivity contribution in [3.63, 3.8) is 0 Å². The molecule has 1 heterocycles. The van der Waals surface area contributed by atoms with Crippen molar-refractivity contribution in [2.24, 2.45) is 0 Å². The predicted octanol–water partition coefficient (Wildman–Crippen LogP) is 2.51. The van der Waals surface area contributed by atoms with E-state index in [1.807, 2.05) is 17.0 Å². The molecule has 23 heavy (non-hydrogen) atoms. The summed E-state index contributed by atoms with van der Waals surface area (Å²) in [4.78, 5) is 25.6. The van der Waals surface area contributed by atoms with Crippen molar-refractivity contribution in [2.45, 2.75) is 31.7 Å². The second-order valence-corrected chi connectivity index (χ2v) is 6.12. The van der Waals surface area contributed by atoms with Crippen LogP contribution in [0.5, 0.6) is 0 Å². The molecule has 2 aromatic carbocycles. The van der Waals surface area contributed by atoms with E-state index in [9.17, 15) is 9.59 Å². The SMILES string of the molecule is CNC(=O)CC(=O)N1CCCC1Cc1ccc2ccccc2c1. The van der Waals surface area contributed by atoms with Crippen molar-refractivity contribution in [2.75, 3.05) is 13.6 Å². The first-order chi connectivity index (χ1) is 11.2. The lowest BCUT2D eigenvalue weighted by molar-refractivity contribution is -0.136. The number of hydrogen-bond donors (Lipinski definition) is 1. The second-order valence-electron chi connectivity index (χ2n) is 6.12. The monoisotopic (exact) mass is 310 g/mol. The van der Waals surface area contributed by atoms with Gasteiger partial charge in [-0.2, -0.15) is 0 Å². The fraction of sp³-hybridized carbons (Fsp3) is 0.368. The summed E-state index contributed by atoms with van der Waals surface area (Å²) in [7, 11) is 1.56. The van der Waals surface area contributed by atoms with E-state index in [1.165, 1.54) is 16.3 Å². The van der Waals surface area contributed by atoms with Crippen LogP contribution in [0.2, 0.25) is 0 Å². The quantitative estimate of drug-likeness (QED) is 0.882.